The normalized spacial score (nSPS) is 15.3. The summed E-state index contributed by atoms with van der Waals surface area (Å²) in [6.07, 6.45) is 2.42. The first kappa shape index (κ1) is 20.7. The van der Waals surface area contributed by atoms with E-state index in [-0.39, 0.29) is 0 Å². The Labute approximate surface area is 197 Å². The molecule has 2 aromatic carbocycles. The number of nitrogens with zero attached hydrogens (tertiary/aromatic N) is 4. The highest BCUT2D eigenvalue weighted by molar-refractivity contribution is 5.89. The molecule has 174 valence electrons. The van der Waals surface area contributed by atoms with Crippen LogP contribution in [0.25, 0.3) is 22.4 Å². The van der Waals surface area contributed by atoms with Gasteiger partial charge in [-0.05, 0) is 25.1 Å². The molecule has 0 radical (unpaired) electrons. The lowest BCUT2D eigenvalue weighted by atomic mass is 10.00. The van der Waals surface area contributed by atoms with E-state index in [1.54, 1.807) is 18.9 Å². The van der Waals surface area contributed by atoms with Gasteiger partial charge in [0.15, 0.2) is 5.76 Å². The molecular weight excluding hydrogens is 432 g/mol. The highest BCUT2D eigenvalue weighted by Gasteiger charge is 2.28. The number of methoxy groups -OCH3 is 2. The third-order valence-electron chi connectivity index (χ3n) is 6.41. The van der Waals surface area contributed by atoms with E-state index in [4.69, 9.17) is 18.6 Å². The molecule has 0 unspecified atom stereocenters. The lowest BCUT2D eigenvalue weighted by molar-refractivity contribution is 0.222. The van der Waals surface area contributed by atoms with E-state index >= 15 is 0 Å². The van der Waals surface area contributed by atoms with Gasteiger partial charge in [0.2, 0.25) is 5.90 Å². The molecule has 0 atom stereocenters. The summed E-state index contributed by atoms with van der Waals surface area (Å²) in [4.78, 5) is 7.04. The summed E-state index contributed by atoms with van der Waals surface area (Å²) in [6.45, 7) is 4.71. The summed E-state index contributed by atoms with van der Waals surface area (Å²) in [5.74, 6) is 4.06. The fourth-order valence-corrected chi connectivity index (χ4v) is 4.43. The largest absolute Gasteiger partial charge is 0.496 e. The van der Waals surface area contributed by atoms with Crippen molar-refractivity contribution in [1.82, 2.24) is 9.66 Å². The van der Waals surface area contributed by atoms with E-state index < -0.39 is 0 Å². The van der Waals surface area contributed by atoms with Gasteiger partial charge in [0.1, 0.15) is 28.6 Å². The SMILES string of the molecule is COC1=Nn2cc(-c3cc4c(OCC5CN(c6ccc(C)cc6)C5)cc(OC)cc4o3)nc2C1. The quantitative estimate of drug-likeness (QED) is 0.424. The Hall–Kier alpha value is -3.94. The summed E-state index contributed by atoms with van der Waals surface area (Å²) in [6, 6.07) is 14.4. The average molecular weight is 459 g/mol. The molecule has 6 rings (SSSR count). The number of fused-ring (bicyclic) bond motifs is 2. The standard InChI is InChI=1S/C26H26N4O4/c1-16-4-6-18(7-5-16)29-12-17(13-29)15-33-22-8-19(31-2)9-23-20(22)10-24(34-23)21-14-30-25(27-21)11-26(28-30)32-3/h4-10,14,17H,11-13,15H2,1-3H3. The molecule has 1 saturated heterocycles. The van der Waals surface area contributed by atoms with Gasteiger partial charge in [-0.1, -0.05) is 17.7 Å². The molecule has 2 aromatic heterocycles. The Bertz CT molecular complexity index is 1380. The maximum atomic E-state index is 6.28. The Morgan fingerprint density at radius 1 is 1.06 bits per heavy atom. The highest BCUT2D eigenvalue weighted by Crippen LogP contribution is 2.37. The van der Waals surface area contributed by atoms with Gasteiger partial charge >= 0.3 is 0 Å². The first-order valence-electron chi connectivity index (χ1n) is 11.4. The maximum absolute atomic E-state index is 6.28. The van der Waals surface area contributed by atoms with Crippen molar-refractivity contribution in [2.45, 2.75) is 13.3 Å². The predicted octanol–water partition coefficient (Wildman–Crippen LogP) is 4.49. The van der Waals surface area contributed by atoms with Gasteiger partial charge in [-0.2, -0.15) is 0 Å². The van der Waals surface area contributed by atoms with Crippen molar-refractivity contribution in [3.8, 4) is 23.0 Å². The number of imidazole rings is 1. The van der Waals surface area contributed by atoms with Crippen LogP contribution in [0, 0.1) is 12.8 Å². The number of anilines is 1. The molecule has 0 spiro atoms. The zero-order valence-corrected chi connectivity index (χ0v) is 19.4. The molecule has 0 aliphatic carbocycles. The van der Waals surface area contributed by atoms with Crippen molar-refractivity contribution < 1.29 is 18.6 Å². The minimum Gasteiger partial charge on any atom is -0.496 e. The molecule has 0 amide bonds. The van der Waals surface area contributed by atoms with Crippen molar-refractivity contribution in [3.05, 3.63) is 60.0 Å². The van der Waals surface area contributed by atoms with Crippen LogP contribution < -0.4 is 14.4 Å². The number of aromatic nitrogens is 2. The Balaban J connectivity index is 1.19. The summed E-state index contributed by atoms with van der Waals surface area (Å²) in [5.41, 5.74) is 3.97. The Morgan fingerprint density at radius 3 is 2.62 bits per heavy atom. The average Bonchev–Trinajstić information content (AvgIpc) is 3.51. The van der Waals surface area contributed by atoms with E-state index in [1.807, 2.05) is 24.4 Å². The third kappa shape index (κ3) is 3.65. The molecule has 34 heavy (non-hydrogen) atoms. The van der Waals surface area contributed by atoms with Crippen molar-refractivity contribution in [2.75, 3.05) is 38.8 Å². The second-order valence-corrected chi connectivity index (χ2v) is 8.83. The van der Waals surface area contributed by atoms with Crippen LogP contribution in [0.5, 0.6) is 11.5 Å². The van der Waals surface area contributed by atoms with E-state index in [0.717, 1.165) is 35.7 Å². The van der Waals surface area contributed by atoms with Gasteiger partial charge in [-0.15, -0.1) is 5.10 Å². The van der Waals surface area contributed by atoms with Crippen molar-refractivity contribution >= 4 is 22.6 Å². The number of hydrogen-bond acceptors (Lipinski definition) is 7. The summed E-state index contributed by atoms with van der Waals surface area (Å²) in [5, 5.41) is 5.27. The number of hydrogen-bond donors (Lipinski definition) is 0. The molecule has 2 aliphatic heterocycles. The second kappa shape index (κ2) is 8.13. The molecule has 8 nitrogen and oxygen atoms in total. The lowest BCUT2D eigenvalue weighted by Gasteiger charge is -2.40. The fraction of sp³-hybridized carbons (Fsp3) is 0.308. The van der Waals surface area contributed by atoms with E-state index in [1.165, 1.54) is 11.3 Å². The first-order valence-corrected chi connectivity index (χ1v) is 11.4. The summed E-state index contributed by atoms with van der Waals surface area (Å²) in [7, 11) is 3.26. The van der Waals surface area contributed by atoms with Crippen LogP contribution in [0.1, 0.15) is 11.4 Å². The van der Waals surface area contributed by atoms with Gasteiger partial charge in [0.25, 0.3) is 0 Å². The van der Waals surface area contributed by atoms with Crippen LogP contribution in [0.2, 0.25) is 0 Å². The van der Waals surface area contributed by atoms with E-state index in [2.05, 4.69) is 46.2 Å². The van der Waals surface area contributed by atoms with Crippen LogP contribution >= 0.6 is 0 Å². The minimum atomic E-state index is 0.470. The predicted molar refractivity (Wildman–Crippen MR) is 130 cm³/mol. The number of rotatable bonds is 6. The highest BCUT2D eigenvalue weighted by atomic mass is 16.5. The van der Waals surface area contributed by atoms with Crippen molar-refractivity contribution in [2.24, 2.45) is 11.0 Å². The molecule has 0 bridgehead atoms. The summed E-state index contributed by atoms with van der Waals surface area (Å²) < 4.78 is 24.8. The number of benzene rings is 2. The Kier molecular flexibility index (Phi) is 4.94. The second-order valence-electron chi connectivity index (χ2n) is 8.83. The Morgan fingerprint density at radius 2 is 1.88 bits per heavy atom. The van der Waals surface area contributed by atoms with Crippen LogP contribution in [0.4, 0.5) is 5.69 Å². The zero-order chi connectivity index (χ0) is 23.2. The van der Waals surface area contributed by atoms with Gasteiger partial charge in [0, 0.05) is 36.8 Å². The van der Waals surface area contributed by atoms with Crippen LogP contribution in [0.3, 0.4) is 0 Å². The van der Waals surface area contributed by atoms with Gasteiger partial charge < -0.3 is 23.5 Å². The smallest absolute Gasteiger partial charge is 0.214 e. The van der Waals surface area contributed by atoms with Crippen molar-refractivity contribution in [1.29, 1.82) is 0 Å². The topological polar surface area (TPSA) is 74.2 Å². The fourth-order valence-electron chi connectivity index (χ4n) is 4.43. The number of aryl methyl sites for hydroxylation is 1. The number of furan rings is 1. The van der Waals surface area contributed by atoms with E-state index in [9.17, 15) is 0 Å². The van der Waals surface area contributed by atoms with Gasteiger partial charge in [-0.25, -0.2) is 9.66 Å². The maximum Gasteiger partial charge on any atom is 0.214 e. The van der Waals surface area contributed by atoms with Crippen LogP contribution in [-0.4, -0.2) is 49.5 Å². The number of ether oxygens (including phenoxy) is 3. The first-order chi connectivity index (χ1) is 16.6. The van der Waals surface area contributed by atoms with Crippen molar-refractivity contribution in [3.63, 3.8) is 0 Å². The third-order valence-corrected chi connectivity index (χ3v) is 6.41. The molecule has 8 heteroatoms. The van der Waals surface area contributed by atoms with Gasteiger partial charge in [-0.3, -0.25) is 0 Å². The van der Waals surface area contributed by atoms with Crippen LogP contribution in [-0.2, 0) is 11.2 Å². The molecule has 2 aliphatic rings. The molecular formula is C26H26N4O4. The monoisotopic (exact) mass is 458 g/mol. The van der Waals surface area contributed by atoms with Crippen LogP contribution in [0.15, 0.2) is 58.2 Å². The van der Waals surface area contributed by atoms with E-state index in [0.29, 0.717) is 41.9 Å². The molecule has 0 N–H and O–H groups in total. The molecule has 4 heterocycles. The zero-order valence-electron chi connectivity index (χ0n) is 19.4. The van der Waals surface area contributed by atoms with Gasteiger partial charge in [0.05, 0.1) is 38.8 Å². The lowest BCUT2D eigenvalue weighted by Crippen LogP contribution is -2.49. The molecule has 4 aromatic rings. The minimum absolute atomic E-state index is 0.470. The molecule has 1 fully saturated rings. The molecule has 0 saturated carbocycles. The summed E-state index contributed by atoms with van der Waals surface area (Å²) >= 11 is 0.